The van der Waals surface area contributed by atoms with Gasteiger partial charge in [0.05, 0.1) is 5.56 Å². The first kappa shape index (κ1) is 20.7. The van der Waals surface area contributed by atoms with Crippen LogP contribution in [0.4, 0.5) is 13.2 Å². The Labute approximate surface area is 157 Å². The molecule has 0 aromatic heterocycles. The fourth-order valence-electron chi connectivity index (χ4n) is 2.34. The lowest BCUT2D eigenvalue weighted by Gasteiger charge is -2.19. The molecule has 0 aliphatic heterocycles. The van der Waals surface area contributed by atoms with Gasteiger partial charge in [-0.25, -0.2) is 0 Å². The van der Waals surface area contributed by atoms with Crippen molar-refractivity contribution in [2.24, 2.45) is 5.73 Å². The quantitative estimate of drug-likeness (QED) is 0.696. The molecule has 5 nitrogen and oxygen atoms in total. The van der Waals surface area contributed by atoms with Crippen LogP contribution in [0.2, 0.25) is 5.02 Å². The summed E-state index contributed by atoms with van der Waals surface area (Å²) in [5.74, 6) is -1.77. The van der Waals surface area contributed by atoms with E-state index < -0.39 is 35.7 Å². The number of benzene rings is 2. The lowest BCUT2D eigenvalue weighted by atomic mass is 10.0. The number of carbonyl (C=O) groups is 2. The van der Waals surface area contributed by atoms with E-state index >= 15 is 0 Å². The zero-order valence-electron chi connectivity index (χ0n) is 13.8. The van der Waals surface area contributed by atoms with Gasteiger partial charge < -0.3 is 16.2 Å². The summed E-state index contributed by atoms with van der Waals surface area (Å²) >= 11 is 5.78. The minimum Gasteiger partial charge on any atom is -0.378 e. The number of aliphatic hydroxyl groups is 1. The Morgan fingerprint density at radius 2 is 1.63 bits per heavy atom. The SMILES string of the molecule is NC(=O)[C@H](Cc1ccc(Cl)cc1)NC(=O)[C@H](O)c1ccc(C(F)(F)F)cc1. The number of halogens is 4. The summed E-state index contributed by atoms with van der Waals surface area (Å²) in [6, 6.07) is 8.89. The monoisotopic (exact) mass is 400 g/mol. The van der Waals surface area contributed by atoms with Gasteiger partial charge in [-0.3, -0.25) is 9.59 Å². The topological polar surface area (TPSA) is 92.4 Å². The number of alkyl halides is 3. The molecule has 0 fully saturated rings. The molecule has 0 saturated carbocycles. The first-order valence-corrected chi connectivity index (χ1v) is 8.15. The van der Waals surface area contributed by atoms with Crippen LogP contribution in [0.15, 0.2) is 48.5 Å². The second-order valence-corrected chi connectivity index (χ2v) is 6.25. The molecule has 0 spiro atoms. The summed E-state index contributed by atoms with van der Waals surface area (Å²) in [6.45, 7) is 0. The van der Waals surface area contributed by atoms with Crippen LogP contribution in [-0.4, -0.2) is 23.0 Å². The van der Waals surface area contributed by atoms with Crippen LogP contribution in [0, 0.1) is 0 Å². The number of carbonyl (C=O) groups excluding carboxylic acids is 2. The molecule has 144 valence electrons. The van der Waals surface area contributed by atoms with E-state index in [0.29, 0.717) is 10.6 Å². The molecule has 27 heavy (non-hydrogen) atoms. The van der Waals surface area contributed by atoms with E-state index in [1.54, 1.807) is 24.3 Å². The zero-order chi connectivity index (χ0) is 20.2. The van der Waals surface area contributed by atoms with Crippen molar-refractivity contribution in [1.82, 2.24) is 5.32 Å². The predicted octanol–water partition coefficient (Wildman–Crippen LogP) is 2.61. The highest BCUT2D eigenvalue weighted by molar-refractivity contribution is 6.30. The van der Waals surface area contributed by atoms with Gasteiger partial charge in [0.15, 0.2) is 6.10 Å². The van der Waals surface area contributed by atoms with Gasteiger partial charge in [-0.15, -0.1) is 0 Å². The molecule has 0 bridgehead atoms. The highest BCUT2D eigenvalue weighted by atomic mass is 35.5. The third-order valence-corrected chi connectivity index (χ3v) is 4.07. The Hall–Kier alpha value is -2.58. The highest BCUT2D eigenvalue weighted by Crippen LogP contribution is 2.30. The summed E-state index contributed by atoms with van der Waals surface area (Å²) in [7, 11) is 0. The Kier molecular flexibility index (Phi) is 6.45. The largest absolute Gasteiger partial charge is 0.416 e. The van der Waals surface area contributed by atoms with Crippen molar-refractivity contribution in [3.8, 4) is 0 Å². The lowest BCUT2D eigenvalue weighted by Crippen LogP contribution is -2.47. The third-order valence-electron chi connectivity index (χ3n) is 3.82. The van der Waals surface area contributed by atoms with Gasteiger partial charge in [0.25, 0.3) is 5.91 Å². The van der Waals surface area contributed by atoms with Crippen LogP contribution >= 0.6 is 11.6 Å². The summed E-state index contributed by atoms with van der Waals surface area (Å²) < 4.78 is 37.7. The smallest absolute Gasteiger partial charge is 0.378 e. The van der Waals surface area contributed by atoms with Crippen molar-refractivity contribution in [2.45, 2.75) is 24.7 Å². The average molecular weight is 401 g/mol. The average Bonchev–Trinajstić information content (AvgIpc) is 2.61. The molecule has 0 heterocycles. The van der Waals surface area contributed by atoms with Crippen molar-refractivity contribution in [3.63, 3.8) is 0 Å². The van der Waals surface area contributed by atoms with Gasteiger partial charge in [-0.05, 0) is 35.4 Å². The molecule has 9 heteroatoms. The molecule has 4 N–H and O–H groups in total. The van der Waals surface area contributed by atoms with Crippen molar-refractivity contribution in [2.75, 3.05) is 0 Å². The highest BCUT2D eigenvalue weighted by Gasteiger charge is 2.31. The van der Waals surface area contributed by atoms with Crippen LogP contribution in [-0.2, 0) is 22.2 Å². The predicted molar refractivity (Wildman–Crippen MR) is 92.7 cm³/mol. The minimum absolute atomic E-state index is 0.0461. The minimum atomic E-state index is -4.53. The first-order chi connectivity index (χ1) is 12.6. The van der Waals surface area contributed by atoms with E-state index in [1.807, 2.05) is 0 Å². The standard InChI is InChI=1S/C18H16ClF3N2O3/c19-13-7-1-10(2-8-13)9-14(16(23)26)24-17(27)15(25)11-3-5-12(6-4-11)18(20,21)22/h1-8,14-15,25H,9H2,(H2,23,26)(H,24,27)/t14-,15+/m0/s1. The van der Waals surface area contributed by atoms with E-state index in [4.69, 9.17) is 17.3 Å². The van der Waals surface area contributed by atoms with Crippen LogP contribution in [0.5, 0.6) is 0 Å². The number of hydrogen-bond donors (Lipinski definition) is 3. The number of amides is 2. The van der Waals surface area contributed by atoms with Crippen LogP contribution in [0.25, 0.3) is 0 Å². The fourth-order valence-corrected chi connectivity index (χ4v) is 2.46. The molecule has 2 amide bonds. The van der Waals surface area contributed by atoms with Crippen LogP contribution in [0.3, 0.4) is 0 Å². The third kappa shape index (κ3) is 5.70. The van der Waals surface area contributed by atoms with Gasteiger partial charge in [-0.2, -0.15) is 13.2 Å². The number of nitrogens with two attached hydrogens (primary N) is 1. The maximum absolute atomic E-state index is 12.6. The van der Waals surface area contributed by atoms with E-state index in [2.05, 4.69) is 5.32 Å². The maximum atomic E-state index is 12.6. The van der Waals surface area contributed by atoms with Gasteiger partial charge in [0.1, 0.15) is 6.04 Å². The van der Waals surface area contributed by atoms with Gasteiger partial charge in [-0.1, -0.05) is 35.9 Å². The molecular formula is C18H16ClF3N2O3. The summed E-state index contributed by atoms with van der Waals surface area (Å²) in [5, 5.41) is 12.9. The molecule has 2 rings (SSSR count). The Bertz CT molecular complexity index is 808. The molecule has 0 aliphatic carbocycles. The second kappa shape index (κ2) is 8.41. The summed E-state index contributed by atoms with van der Waals surface area (Å²) in [6.07, 6.45) is -6.21. The van der Waals surface area contributed by atoms with Crippen LogP contribution in [0.1, 0.15) is 22.8 Å². The van der Waals surface area contributed by atoms with Crippen molar-refractivity contribution < 1.29 is 27.9 Å². The fraction of sp³-hybridized carbons (Fsp3) is 0.222. The number of hydrogen-bond acceptors (Lipinski definition) is 3. The summed E-state index contributed by atoms with van der Waals surface area (Å²) in [5.41, 5.74) is 5.00. The Morgan fingerprint density at radius 3 is 2.11 bits per heavy atom. The molecule has 0 aliphatic rings. The zero-order valence-corrected chi connectivity index (χ0v) is 14.6. The molecule has 0 radical (unpaired) electrons. The normalized spacial score (nSPS) is 13.7. The molecule has 2 atom stereocenters. The van der Waals surface area contributed by atoms with Crippen molar-refractivity contribution >= 4 is 23.4 Å². The van der Waals surface area contributed by atoms with Gasteiger partial charge >= 0.3 is 6.18 Å². The van der Waals surface area contributed by atoms with Gasteiger partial charge in [0.2, 0.25) is 5.91 Å². The first-order valence-electron chi connectivity index (χ1n) is 7.77. The summed E-state index contributed by atoms with van der Waals surface area (Å²) in [4.78, 5) is 23.8. The van der Waals surface area contributed by atoms with E-state index in [0.717, 1.165) is 24.3 Å². The van der Waals surface area contributed by atoms with E-state index in [-0.39, 0.29) is 12.0 Å². The second-order valence-electron chi connectivity index (χ2n) is 5.82. The maximum Gasteiger partial charge on any atom is 0.416 e. The van der Waals surface area contributed by atoms with Crippen molar-refractivity contribution in [1.29, 1.82) is 0 Å². The molecule has 2 aromatic rings. The Morgan fingerprint density at radius 1 is 1.07 bits per heavy atom. The van der Waals surface area contributed by atoms with Crippen LogP contribution < -0.4 is 11.1 Å². The van der Waals surface area contributed by atoms with Gasteiger partial charge in [0, 0.05) is 11.4 Å². The molecule has 0 saturated heterocycles. The molecule has 0 unspecified atom stereocenters. The van der Waals surface area contributed by atoms with E-state index in [1.165, 1.54) is 0 Å². The van der Waals surface area contributed by atoms with E-state index in [9.17, 15) is 27.9 Å². The lowest BCUT2D eigenvalue weighted by molar-refractivity contribution is -0.137. The number of aliphatic hydroxyl groups excluding tert-OH is 1. The molecule has 2 aromatic carbocycles. The number of rotatable bonds is 6. The number of nitrogens with one attached hydrogen (secondary N) is 1. The Balaban J connectivity index is 2.07. The van der Waals surface area contributed by atoms with Crippen molar-refractivity contribution in [3.05, 3.63) is 70.2 Å². The number of primary amides is 1. The molecular weight excluding hydrogens is 385 g/mol.